The van der Waals surface area contributed by atoms with E-state index in [0.29, 0.717) is 0 Å². The molecule has 0 unspecified atom stereocenters. The van der Waals surface area contributed by atoms with Crippen LogP contribution in [-0.4, -0.2) is 0 Å². The number of hydrogen-bond donors (Lipinski definition) is 2. The maximum atomic E-state index is 6.04. The Kier molecular flexibility index (Phi) is 10.5. The first-order valence-corrected chi connectivity index (χ1v) is 12.3. The van der Waals surface area contributed by atoms with E-state index in [1.165, 1.54) is 35.3 Å². The lowest BCUT2D eigenvalue weighted by molar-refractivity contribution is -0.677. The molecule has 2 aromatic carbocycles. The normalized spacial score (nSPS) is 10.6. The van der Waals surface area contributed by atoms with Crippen LogP contribution in [0.5, 0.6) is 0 Å². The van der Waals surface area contributed by atoms with E-state index in [0.717, 1.165) is 35.1 Å². The van der Waals surface area contributed by atoms with Gasteiger partial charge in [-0.15, -0.1) is 0 Å². The summed E-state index contributed by atoms with van der Waals surface area (Å²) in [5, 5.41) is 2.28. The fourth-order valence-corrected chi connectivity index (χ4v) is 3.97. The van der Waals surface area contributed by atoms with Gasteiger partial charge in [0.05, 0.1) is 22.1 Å². The molecule has 4 rings (SSSR count). The van der Waals surface area contributed by atoms with Crippen LogP contribution in [0, 0.1) is 13.8 Å². The first kappa shape index (κ1) is 26.8. The molecule has 2 aromatic heterocycles. The van der Waals surface area contributed by atoms with Gasteiger partial charge in [-0.3, -0.25) is 0 Å². The van der Waals surface area contributed by atoms with E-state index in [2.05, 4.69) is 86.4 Å². The number of nitrogens with zero attached hydrogens (tertiary/aromatic N) is 2. The Hall–Kier alpha value is -3.40. The zero-order valence-corrected chi connectivity index (χ0v) is 21.8. The lowest BCUT2D eigenvalue weighted by Crippen LogP contribution is -2.38. The molecule has 0 saturated heterocycles. The zero-order valence-electron chi connectivity index (χ0n) is 21.8. The Balaban J connectivity index is 0.000000204. The molecule has 0 atom stereocenters. The number of anilines is 2. The van der Waals surface area contributed by atoms with Gasteiger partial charge in [-0.25, -0.2) is 0 Å². The highest BCUT2D eigenvalue weighted by atomic mass is 15.0. The largest absolute Gasteiger partial charge is 0.398 e. The second kappa shape index (κ2) is 13.3. The lowest BCUT2D eigenvalue weighted by Gasteiger charge is -2.06. The Morgan fingerprint density at radius 2 is 1.32 bits per heavy atom. The number of aryl methyl sites for hydroxylation is 4. The fourth-order valence-electron chi connectivity index (χ4n) is 3.97. The number of hydrogen-bond acceptors (Lipinski definition) is 2. The van der Waals surface area contributed by atoms with E-state index >= 15 is 0 Å². The predicted octanol–water partition coefficient (Wildman–Crippen LogP) is 6.35. The van der Waals surface area contributed by atoms with Gasteiger partial charge in [0, 0.05) is 44.5 Å². The number of para-hydroxylation sites is 2. The maximum Gasteiger partial charge on any atom is 0.214 e. The second-order valence-electron chi connectivity index (χ2n) is 8.56. The van der Waals surface area contributed by atoms with Crippen molar-refractivity contribution in [2.45, 2.75) is 60.4 Å². The second-order valence-corrected chi connectivity index (χ2v) is 8.56. The van der Waals surface area contributed by atoms with Crippen molar-refractivity contribution in [2.24, 2.45) is 7.05 Å². The minimum absolute atomic E-state index is 0.853. The molecule has 4 heteroatoms. The summed E-state index contributed by atoms with van der Waals surface area (Å²) in [5.74, 6) is 0. The summed E-state index contributed by atoms with van der Waals surface area (Å²) in [5.41, 5.74) is 18.5. The number of aromatic nitrogens is 2. The van der Waals surface area contributed by atoms with E-state index in [1.807, 2.05) is 37.3 Å². The summed E-state index contributed by atoms with van der Waals surface area (Å²) in [7, 11) is 2.05. The van der Waals surface area contributed by atoms with Crippen molar-refractivity contribution in [3.8, 4) is 0 Å². The van der Waals surface area contributed by atoms with Crippen molar-refractivity contribution in [1.29, 1.82) is 0 Å². The van der Waals surface area contributed by atoms with Crippen molar-refractivity contribution in [2.75, 3.05) is 11.5 Å². The molecule has 4 aromatic rings. The quantitative estimate of drug-likeness (QED) is 0.277. The number of nitrogens with two attached hydrogens (primary N) is 2. The molecule has 0 radical (unpaired) electrons. The molecular weight excluding hydrogens is 416 g/mol. The monoisotopic (exact) mass is 458 g/mol. The highest BCUT2D eigenvalue weighted by molar-refractivity contribution is 5.88. The molecule has 34 heavy (non-hydrogen) atoms. The summed E-state index contributed by atoms with van der Waals surface area (Å²) >= 11 is 0. The summed E-state index contributed by atoms with van der Waals surface area (Å²) in [6, 6.07) is 20.6. The van der Waals surface area contributed by atoms with Crippen LogP contribution in [0.25, 0.3) is 21.8 Å². The molecule has 0 bridgehead atoms. The van der Waals surface area contributed by atoms with Crippen LogP contribution in [0.2, 0.25) is 0 Å². The third-order valence-electron chi connectivity index (χ3n) is 5.97. The van der Waals surface area contributed by atoms with E-state index < -0.39 is 0 Å². The third-order valence-corrected chi connectivity index (χ3v) is 5.97. The van der Waals surface area contributed by atoms with Crippen molar-refractivity contribution < 1.29 is 9.13 Å². The molecule has 0 spiro atoms. The van der Waals surface area contributed by atoms with Crippen molar-refractivity contribution in [3.63, 3.8) is 0 Å². The molecule has 0 fully saturated rings. The van der Waals surface area contributed by atoms with Crippen molar-refractivity contribution >= 4 is 33.2 Å². The Morgan fingerprint density at radius 3 is 1.85 bits per heavy atom. The van der Waals surface area contributed by atoms with E-state index in [9.17, 15) is 0 Å². The first-order chi connectivity index (χ1) is 16.3. The number of nitrogen functional groups attached to an aromatic ring is 2. The molecule has 0 amide bonds. The standard InChI is InChI=1S/C14H18N2.C11H12N2.C5H10/c1-3-4-9-16-11(2)10-13(15)12-7-5-6-8-14(12)16;1-8-7-10(12)9-5-3-4-6-11(9)13(8)2;1-3-5-4-2/h5-8,10,15H,3-4,9H2,1-2H3;3-7,12H,1-2H3;3,5H,4H2,1-2H3/p+2/b;;5-3-. The van der Waals surface area contributed by atoms with Crippen molar-refractivity contribution in [3.05, 3.63) is 84.2 Å². The van der Waals surface area contributed by atoms with Crippen LogP contribution < -0.4 is 20.6 Å². The van der Waals surface area contributed by atoms with Crippen LogP contribution in [-0.2, 0) is 13.6 Å². The molecule has 2 heterocycles. The molecule has 4 nitrogen and oxygen atoms in total. The summed E-state index contributed by atoms with van der Waals surface area (Å²) in [6.07, 6.45) is 7.76. The van der Waals surface area contributed by atoms with Gasteiger partial charge in [-0.2, -0.15) is 9.13 Å². The summed E-state index contributed by atoms with van der Waals surface area (Å²) in [6.45, 7) is 11.6. The molecule has 0 saturated carbocycles. The highest BCUT2D eigenvalue weighted by Crippen LogP contribution is 2.19. The van der Waals surface area contributed by atoms with Gasteiger partial charge in [0.15, 0.2) is 11.4 Å². The number of allylic oxidation sites excluding steroid dienone is 2. The lowest BCUT2D eigenvalue weighted by atomic mass is 10.1. The molecule has 180 valence electrons. The number of rotatable bonds is 4. The molecule has 0 aliphatic heterocycles. The summed E-state index contributed by atoms with van der Waals surface area (Å²) in [4.78, 5) is 0. The van der Waals surface area contributed by atoms with Crippen LogP contribution in [0.4, 0.5) is 11.4 Å². The van der Waals surface area contributed by atoms with Gasteiger partial charge < -0.3 is 11.5 Å². The summed E-state index contributed by atoms with van der Waals surface area (Å²) < 4.78 is 4.50. The van der Waals surface area contributed by atoms with Gasteiger partial charge in [-0.05, 0) is 25.5 Å². The number of pyridine rings is 2. The maximum absolute atomic E-state index is 6.04. The molecule has 0 aliphatic rings. The average molecular weight is 459 g/mol. The van der Waals surface area contributed by atoms with E-state index in [1.54, 1.807) is 0 Å². The highest BCUT2D eigenvalue weighted by Gasteiger charge is 2.14. The van der Waals surface area contributed by atoms with Crippen LogP contribution in [0.3, 0.4) is 0 Å². The van der Waals surface area contributed by atoms with Crippen LogP contribution >= 0.6 is 0 Å². The number of fused-ring (bicyclic) bond motifs is 2. The number of unbranched alkanes of at least 4 members (excludes halogenated alkanes) is 1. The van der Waals surface area contributed by atoms with Gasteiger partial charge >= 0.3 is 0 Å². The smallest absolute Gasteiger partial charge is 0.214 e. The van der Waals surface area contributed by atoms with Gasteiger partial charge in [-0.1, -0.05) is 56.7 Å². The fraction of sp³-hybridized carbons (Fsp3) is 0.333. The van der Waals surface area contributed by atoms with Gasteiger partial charge in [0.1, 0.15) is 13.6 Å². The van der Waals surface area contributed by atoms with Crippen molar-refractivity contribution in [1.82, 2.24) is 0 Å². The minimum Gasteiger partial charge on any atom is -0.398 e. The third kappa shape index (κ3) is 6.80. The van der Waals surface area contributed by atoms with Crippen LogP contribution in [0.15, 0.2) is 72.8 Å². The zero-order chi connectivity index (χ0) is 25.1. The molecular formula is C30H42N4+2. The SMILES string of the molecule is C/C=C\CC.CCCC[n+]1c(C)cc(N)c2ccccc21.Cc1cc(N)c2ccccc2[n+]1C. The van der Waals surface area contributed by atoms with E-state index in [-0.39, 0.29) is 0 Å². The topological polar surface area (TPSA) is 59.8 Å². The Bertz CT molecular complexity index is 1240. The number of benzene rings is 2. The first-order valence-electron chi connectivity index (χ1n) is 12.3. The van der Waals surface area contributed by atoms with E-state index in [4.69, 9.17) is 11.5 Å². The molecule has 4 N–H and O–H groups in total. The van der Waals surface area contributed by atoms with Gasteiger partial charge in [0.25, 0.3) is 0 Å². The van der Waals surface area contributed by atoms with Gasteiger partial charge in [0.2, 0.25) is 11.0 Å². The average Bonchev–Trinajstić information content (AvgIpc) is 2.84. The Morgan fingerprint density at radius 1 is 0.794 bits per heavy atom. The predicted molar refractivity (Wildman–Crippen MR) is 148 cm³/mol. The van der Waals surface area contributed by atoms with Crippen LogP contribution in [0.1, 0.15) is 51.4 Å². The Labute approximate surface area is 205 Å². The minimum atomic E-state index is 0.853. The molecule has 0 aliphatic carbocycles.